The average Bonchev–Trinajstić information content (AvgIpc) is 2.68. The van der Waals surface area contributed by atoms with E-state index >= 15 is 0 Å². The van der Waals surface area contributed by atoms with Gasteiger partial charge in [-0.05, 0) is 37.1 Å². The second-order valence-electron chi connectivity index (χ2n) is 3.71. The standard InChI is InChI=1S/C12H13FO3/c13-9-3-4-11-8(6-9)7-12(16-11)10(15)2-1-5-14/h3-4,6-7,10,14-15H,1-2,5H2. The van der Waals surface area contributed by atoms with Gasteiger partial charge in [-0.1, -0.05) is 0 Å². The second kappa shape index (κ2) is 4.63. The van der Waals surface area contributed by atoms with Gasteiger partial charge in [0.1, 0.15) is 23.3 Å². The smallest absolute Gasteiger partial charge is 0.134 e. The van der Waals surface area contributed by atoms with Crippen LogP contribution < -0.4 is 0 Å². The van der Waals surface area contributed by atoms with Gasteiger partial charge in [0, 0.05) is 12.0 Å². The molecule has 1 aromatic heterocycles. The molecule has 0 spiro atoms. The van der Waals surface area contributed by atoms with Gasteiger partial charge in [0.05, 0.1) is 0 Å². The molecule has 1 aromatic carbocycles. The number of aliphatic hydroxyl groups excluding tert-OH is 2. The first-order valence-corrected chi connectivity index (χ1v) is 5.18. The number of hydrogen-bond donors (Lipinski definition) is 2. The fraction of sp³-hybridized carbons (Fsp3) is 0.333. The van der Waals surface area contributed by atoms with Crippen LogP contribution in [0.25, 0.3) is 11.0 Å². The van der Waals surface area contributed by atoms with Gasteiger partial charge in [-0.15, -0.1) is 0 Å². The van der Waals surface area contributed by atoms with Crippen LogP contribution in [0.4, 0.5) is 4.39 Å². The van der Waals surface area contributed by atoms with Crippen LogP contribution in [0, 0.1) is 5.82 Å². The highest BCUT2D eigenvalue weighted by atomic mass is 19.1. The molecule has 2 aromatic rings. The van der Waals surface area contributed by atoms with Crippen molar-refractivity contribution in [2.24, 2.45) is 0 Å². The number of furan rings is 1. The van der Waals surface area contributed by atoms with E-state index in [1.54, 1.807) is 6.07 Å². The Morgan fingerprint density at radius 3 is 2.88 bits per heavy atom. The Bertz CT molecular complexity index is 478. The summed E-state index contributed by atoms with van der Waals surface area (Å²) in [5.74, 6) is 0.0822. The van der Waals surface area contributed by atoms with E-state index in [4.69, 9.17) is 9.52 Å². The molecule has 86 valence electrons. The lowest BCUT2D eigenvalue weighted by Crippen LogP contribution is -1.96. The molecular weight excluding hydrogens is 211 g/mol. The van der Waals surface area contributed by atoms with Crippen molar-refractivity contribution in [3.8, 4) is 0 Å². The summed E-state index contributed by atoms with van der Waals surface area (Å²) in [5, 5.41) is 19.0. The predicted octanol–water partition coefficient (Wildman–Crippen LogP) is 2.38. The molecule has 2 N–H and O–H groups in total. The molecule has 1 atom stereocenters. The number of fused-ring (bicyclic) bond motifs is 1. The molecule has 0 bridgehead atoms. The van der Waals surface area contributed by atoms with E-state index in [9.17, 15) is 9.50 Å². The van der Waals surface area contributed by atoms with Crippen molar-refractivity contribution in [2.75, 3.05) is 6.61 Å². The van der Waals surface area contributed by atoms with E-state index in [2.05, 4.69) is 0 Å². The van der Waals surface area contributed by atoms with Gasteiger partial charge >= 0.3 is 0 Å². The fourth-order valence-corrected chi connectivity index (χ4v) is 1.63. The van der Waals surface area contributed by atoms with Crippen LogP contribution in [0.2, 0.25) is 0 Å². The molecule has 0 saturated heterocycles. The third-order valence-corrected chi connectivity index (χ3v) is 2.46. The minimum atomic E-state index is -0.748. The molecule has 4 heteroatoms. The van der Waals surface area contributed by atoms with Gasteiger partial charge in [-0.3, -0.25) is 0 Å². The highest BCUT2D eigenvalue weighted by Gasteiger charge is 2.13. The Hall–Kier alpha value is -1.39. The van der Waals surface area contributed by atoms with Crippen molar-refractivity contribution in [1.82, 2.24) is 0 Å². The van der Waals surface area contributed by atoms with Gasteiger partial charge in [-0.25, -0.2) is 4.39 Å². The Kier molecular flexibility index (Phi) is 3.22. The van der Waals surface area contributed by atoms with Crippen LogP contribution in [0.5, 0.6) is 0 Å². The van der Waals surface area contributed by atoms with Crippen molar-refractivity contribution in [3.05, 3.63) is 35.8 Å². The predicted molar refractivity (Wildman–Crippen MR) is 57.5 cm³/mol. The van der Waals surface area contributed by atoms with Crippen molar-refractivity contribution < 1.29 is 19.0 Å². The average molecular weight is 224 g/mol. The van der Waals surface area contributed by atoms with E-state index < -0.39 is 6.10 Å². The lowest BCUT2D eigenvalue weighted by molar-refractivity contribution is 0.130. The monoisotopic (exact) mass is 224 g/mol. The quantitative estimate of drug-likeness (QED) is 0.838. The Morgan fingerprint density at radius 2 is 2.12 bits per heavy atom. The van der Waals surface area contributed by atoms with E-state index in [-0.39, 0.29) is 12.4 Å². The molecule has 1 heterocycles. The van der Waals surface area contributed by atoms with E-state index in [1.165, 1.54) is 18.2 Å². The molecule has 0 saturated carbocycles. The number of benzene rings is 1. The van der Waals surface area contributed by atoms with Gasteiger partial charge in [-0.2, -0.15) is 0 Å². The first kappa shape index (κ1) is 11.1. The normalized spacial score (nSPS) is 13.2. The third kappa shape index (κ3) is 2.23. The second-order valence-corrected chi connectivity index (χ2v) is 3.71. The van der Waals surface area contributed by atoms with Crippen molar-refractivity contribution in [1.29, 1.82) is 0 Å². The summed E-state index contributed by atoms with van der Waals surface area (Å²) >= 11 is 0. The summed E-state index contributed by atoms with van der Waals surface area (Å²) in [5.41, 5.74) is 0.555. The van der Waals surface area contributed by atoms with Crippen LogP contribution >= 0.6 is 0 Å². The summed E-state index contributed by atoms with van der Waals surface area (Å²) in [6.45, 7) is 0.0336. The molecule has 0 aliphatic heterocycles. The maximum atomic E-state index is 12.9. The third-order valence-electron chi connectivity index (χ3n) is 2.46. The summed E-state index contributed by atoms with van der Waals surface area (Å²) in [7, 11) is 0. The number of halogens is 1. The lowest BCUT2D eigenvalue weighted by Gasteiger charge is -2.04. The molecule has 0 aliphatic carbocycles. The van der Waals surface area contributed by atoms with Crippen LogP contribution in [-0.4, -0.2) is 16.8 Å². The van der Waals surface area contributed by atoms with Crippen molar-refractivity contribution in [3.63, 3.8) is 0 Å². The molecule has 0 amide bonds. The van der Waals surface area contributed by atoms with Crippen molar-refractivity contribution >= 4 is 11.0 Å². The van der Waals surface area contributed by atoms with E-state index in [1.807, 2.05) is 0 Å². The van der Waals surface area contributed by atoms with E-state index in [0.717, 1.165) is 0 Å². The molecule has 0 radical (unpaired) electrons. The Morgan fingerprint density at radius 1 is 1.31 bits per heavy atom. The summed E-state index contributed by atoms with van der Waals surface area (Å²) in [6.07, 6.45) is 0.188. The van der Waals surface area contributed by atoms with Gasteiger partial charge in [0.25, 0.3) is 0 Å². The maximum absolute atomic E-state index is 12.9. The summed E-state index contributed by atoms with van der Waals surface area (Å²) < 4.78 is 18.3. The van der Waals surface area contributed by atoms with Gasteiger partial charge in [0.2, 0.25) is 0 Å². The largest absolute Gasteiger partial charge is 0.458 e. The van der Waals surface area contributed by atoms with Gasteiger partial charge in [0.15, 0.2) is 0 Å². The minimum absolute atomic E-state index is 0.0336. The van der Waals surface area contributed by atoms with Crippen molar-refractivity contribution in [2.45, 2.75) is 18.9 Å². The number of rotatable bonds is 4. The zero-order valence-electron chi connectivity index (χ0n) is 8.69. The first-order chi connectivity index (χ1) is 7.70. The zero-order chi connectivity index (χ0) is 11.5. The fourth-order valence-electron chi connectivity index (χ4n) is 1.63. The SMILES string of the molecule is OCCCC(O)c1cc2cc(F)ccc2o1. The molecule has 0 aliphatic rings. The number of hydrogen-bond acceptors (Lipinski definition) is 3. The molecule has 1 unspecified atom stereocenters. The molecule has 16 heavy (non-hydrogen) atoms. The Balaban J connectivity index is 2.25. The van der Waals surface area contributed by atoms with Gasteiger partial charge < -0.3 is 14.6 Å². The molecule has 3 nitrogen and oxygen atoms in total. The summed E-state index contributed by atoms with van der Waals surface area (Å²) in [4.78, 5) is 0. The first-order valence-electron chi connectivity index (χ1n) is 5.18. The maximum Gasteiger partial charge on any atom is 0.134 e. The highest BCUT2D eigenvalue weighted by molar-refractivity contribution is 5.77. The number of aliphatic hydroxyl groups is 2. The highest BCUT2D eigenvalue weighted by Crippen LogP contribution is 2.26. The summed E-state index contributed by atoms with van der Waals surface area (Å²) in [6, 6.07) is 5.84. The van der Waals surface area contributed by atoms with E-state index in [0.29, 0.717) is 29.6 Å². The van der Waals surface area contributed by atoms with Crippen LogP contribution in [-0.2, 0) is 0 Å². The van der Waals surface area contributed by atoms with Crippen LogP contribution in [0.15, 0.2) is 28.7 Å². The molecule has 0 fully saturated rings. The van der Waals surface area contributed by atoms with Crippen LogP contribution in [0.1, 0.15) is 24.7 Å². The molecular formula is C12H13FO3. The minimum Gasteiger partial charge on any atom is -0.458 e. The lowest BCUT2D eigenvalue weighted by atomic mass is 10.1. The molecule has 2 rings (SSSR count). The topological polar surface area (TPSA) is 53.6 Å². The zero-order valence-corrected chi connectivity index (χ0v) is 8.69. The Labute approximate surface area is 92.1 Å². The van der Waals surface area contributed by atoms with Crippen LogP contribution in [0.3, 0.4) is 0 Å².